The van der Waals surface area contributed by atoms with E-state index in [-0.39, 0.29) is 5.82 Å². The van der Waals surface area contributed by atoms with Gasteiger partial charge in [0.25, 0.3) is 0 Å². The van der Waals surface area contributed by atoms with Crippen LogP contribution in [-0.2, 0) is 6.54 Å². The fraction of sp³-hybridized carbons (Fsp3) is 0.412. The van der Waals surface area contributed by atoms with E-state index in [0.29, 0.717) is 11.4 Å². The molecule has 1 N–H and O–H groups in total. The smallest absolute Gasteiger partial charge is 0.208 e. The molecule has 4 rings (SSSR count). The number of aryl methyl sites for hydroxylation is 1. The van der Waals surface area contributed by atoms with Crippen LogP contribution >= 0.6 is 0 Å². The van der Waals surface area contributed by atoms with Gasteiger partial charge in [-0.05, 0) is 45.0 Å². The monoisotopic (exact) mass is 314 g/mol. The lowest BCUT2D eigenvalue weighted by molar-refractivity contribution is 0.185. The molecule has 5 nitrogen and oxygen atoms in total. The summed E-state index contributed by atoms with van der Waals surface area (Å²) in [5.41, 5.74) is 1.22. The molecule has 0 saturated carbocycles. The van der Waals surface area contributed by atoms with E-state index in [2.05, 4.69) is 19.9 Å². The van der Waals surface area contributed by atoms with Crippen molar-refractivity contribution < 1.29 is 8.81 Å². The first-order chi connectivity index (χ1) is 11.2. The number of benzene rings is 1. The fourth-order valence-electron chi connectivity index (χ4n) is 3.24. The number of hydrogen-bond acceptors (Lipinski definition) is 4. The number of rotatable bonds is 3. The predicted octanol–water partition coefficient (Wildman–Crippen LogP) is 3.38. The van der Waals surface area contributed by atoms with Crippen LogP contribution < -0.4 is 0 Å². The minimum absolute atomic E-state index is 0.262. The van der Waals surface area contributed by atoms with E-state index in [1.165, 1.54) is 6.07 Å². The van der Waals surface area contributed by atoms with Crippen LogP contribution in [0.2, 0.25) is 0 Å². The maximum absolute atomic E-state index is 13.8. The summed E-state index contributed by atoms with van der Waals surface area (Å²) in [5.74, 6) is 2.61. The molecule has 0 atom stereocenters. The van der Waals surface area contributed by atoms with Crippen LogP contribution in [0.5, 0.6) is 0 Å². The van der Waals surface area contributed by atoms with Gasteiger partial charge in [0.05, 0.1) is 18.3 Å². The van der Waals surface area contributed by atoms with Gasteiger partial charge in [-0.15, -0.1) is 0 Å². The Morgan fingerprint density at radius 2 is 2.17 bits per heavy atom. The third-order valence-corrected chi connectivity index (χ3v) is 4.48. The van der Waals surface area contributed by atoms with Crippen molar-refractivity contribution in [3.63, 3.8) is 0 Å². The first-order valence-electron chi connectivity index (χ1n) is 7.97. The lowest BCUT2D eigenvalue weighted by atomic mass is 9.96. The number of H-pyrrole nitrogens is 1. The zero-order valence-electron chi connectivity index (χ0n) is 13.1. The Kier molecular flexibility index (Phi) is 3.61. The Morgan fingerprint density at radius 1 is 1.35 bits per heavy atom. The van der Waals surface area contributed by atoms with Crippen LogP contribution in [0.15, 0.2) is 28.8 Å². The highest BCUT2D eigenvalue weighted by Crippen LogP contribution is 2.28. The molecule has 1 fully saturated rings. The van der Waals surface area contributed by atoms with Gasteiger partial charge in [0.15, 0.2) is 5.82 Å². The first kappa shape index (κ1) is 14.4. The van der Waals surface area contributed by atoms with Crippen molar-refractivity contribution in [3.05, 3.63) is 47.7 Å². The minimum atomic E-state index is -0.262. The topological polar surface area (TPSA) is 58.0 Å². The van der Waals surface area contributed by atoms with Gasteiger partial charge >= 0.3 is 0 Å². The van der Waals surface area contributed by atoms with Crippen molar-refractivity contribution in [2.75, 3.05) is 13.1 Å². The summed E-state index contributed by atoms with van der Waals surface area (Å²) in [6, 6.07) is 5.03. The summed E-state index contributed by atoms with van der Waals surface area (Å²) in [5, 5.41) is 0. The van der Waals surface area contributed by atoms with E-state index in [0.717, 1.165) is 55.5 Å². The summed E-state index contributed by atoms with van der Waals surface area (Å²) >= 11 is 0. The molecule has 1 aromatic carbocycles. The average molecular weight is 314 g/mol. The third-order valence-electron chi connectivity index (χ3n) is 4.48. The second-order valence-electron chi connectivity index (χ2n) is 6.17. The number of fused-ring (bicyclic) bond motifs is 1. The lowest BCUT2D eigenvalue weighted by Crippen LogP contribution is -2.32. The number of imidazole rings is 1. The third kappa shape index (κ3) is 2.86. The van der Waals surface area contributed by atoms with Gasteiger partial charge in [0.2, 0.25) is 5.89 Å². The van der Waals surface area contributed by atoms with Crippen LogP contribution in [0.3, 0.4) is 0 Å². The van der Waals surface area contributed by atoms with Crippen LogP contribution in [0.4, 0.5) is 4.39 Å². The van der Waals surface area contributed by atoms with Gasteiger partial charge in [0, 0.05) is 5.92 Å². The molecule has 0 radical (unpaired) electrons. The summed E-state index contributed by atoms with van der Waals surface area (Å²) in [4.78, 5) is 14.3. The Balaban J connectivity index is 1.43. The minimum Gasteiger partial charge on any atom is -0.445 e. The number of oxazole rings is 1. The van der Waals surface area contributed by atoms with E-state index in [1.54, 1.807) is 12.3 Å². The molecule has 1 aliphatic rings. The van der Waals surface area contributed by atoms with Crippen LogP contribution in [0, 0.1) is 12.7 Å². The Labute approximate surface area is 133 Å². The van der Waals surface area contributed by atoms with Gasteiger partial charge in [-0.1, -0.05) is 6.07 Å². The zero-order valence-corrected chi connectivity index (χ0v) is 13.1. The van der Waals surface area contributed by atoms with E-state index in [1.807, 2.05) is 13.0 Å². The van der Waals surface area contributed by atoms with E-state index >= 15 is 0 Å². The number of aromatic nitrogens is 3. The first-order valence-corrected chi connectivity index (χ1v) is 7.97. The summed E-state index contributed by atoms with van der Waals surface area (Å²) < 4.78 is 19.3. The van der Waals surface area contributed by atoms with Gasteiger partial charge in [-0.2, -0.15) is 0 Å². The van der Waals surface area contributed by atoms with Crippen molar-refractivity contribution in [2.45, 2.75) is 32.2 Å². The molecule has 2 aromatic heterocycles. The molecule has 1 saturated heterocycles. The van der Waals surface area contributed by atoms with Crippen LogP contribution in [-0.4, -0.2) is 32.9 Å². The van der Waals surface area contributed by atoms with Gasteiger partial charge in [0.1, 0.15) is 17.1 Å². The van der Waals surface area contributed by atoms with Crippen molar-refractivity contribution in [1.82, 2.24) is 19.9 Å². The van der Waals surface area contributed by atoms with E-state index < -0.39 is 0 Å². The largest absolute Gasteiger partial charge is 0.445 e. The van der Waals surface area contributed by atoms with Crippen molar-refractivity contribution >= 4 is 11.0 Å². The number of nitrogens with one attached hydrogen (secondary N) is 1. The van der Waals surface area contributed by atoms with E-state index in [9.17, 15) is 4.39 Å². The number of nitrogens with zero attached hydrogens (tertiary/aromatic N) is 3. The van der Waals surface area contributed by atoms with Crippen LogP contribution in [0.25, 0.3) is 11.0 Å². The second-order valence-corrected chi connectivity index (χ2v) is 6.17. The Morgan fingerprint density at radius 3 is 2.87 bits per heavy atom. The lowest BCUT2D eigenvalue weighted by Gasteiger charge is -2.30. The summed E-state index contributed by atoms with van der Waals surface area (Å²) in [7, 11) is 0. The number of para-hydroxylation sites is 1. The fourth-order valence-corrected chi connectivity index (χ4v) is 3.24. The molecule has 3 heterocycles. The normalized spacial score (nSPS) is 17.1. The maximum Gasteiger partial charge on any atom is 0.208 e. The molecule has 1 aliphatic heterocycles. The molecular formula is C17H19FN4O. The zero-order chi connectivity index (χ0) is 15.8. The maximum atomic E-state index is 13.8. The molecular weight excluding hydrogens is 295 g/mol. The highest BCUT2D eigenvalue weighted by atomic mass is 19.1. The Bertz CT molecular complexity index is 817. The summed E-state index contributed by atoms with van der Waals surface area (Å²) in [6.45, 7) is 4.58. The van der Waals surface area contributed by atoms with Crippen molar-refractivity contribution in [1.29, 1.82) is 0 Å². The Hall–Kier alpha value is -2.21. The number of aromatic amines is 1. The van der Waals surface area contributed by atoms with Gasteiger partial charge < -0.3 is 9.40 Å². The molecule has 6 heteroatoms. The van der Waals surface area contributed by atoms with Crippen LogP contribution in [0.1, 0.15) is 36.2 Å². The van der Waals surface area contributed by atoms with E-state index in [4.69, 9.17) is 4.42 Å². The number of likely N-dealkylation sites (tertiary alicyclic amines) is 1. The molecule has 0 unspecified atom stereocenters. The molecule has 0 aliphatic carbocycles. The number of halogens is 1. The number of hydrogen-bond donors (Lipinski definition) is 1. The van der Waals surface area contributed by atoms with Crippen molar-refractivity contribution in [3.8, 4) is 0 Å². The molecule has 23 heavy (non-hydrogen) atoms. The quantitative estimate of drug-likeness (QED) is 0.805. The molecule has 0 bridgehead atoms. The highest BCUT2D eigenvalue weighted by molar-refractivity contribution is 5.75. The van der Waals surface area contributed by atoms with Gasteiger partial charge in [-0.3, -0.25) is 4.90 Å². The standard InChI is InChI=1S/C17H19FN4O/c1-11-9-19-15(23-11)10-22-7-5-12(6-8-22)17-20-14-4-2-3-13(18)16(14)21-17/h2-4,9,12H,5-8,10H2,1H3,(H,20,21). The molecule has 0 amide bonds. The second kappa shape index (κ2) is 5.77. The molecule has 3 aromatic rings. The highest BCUT2D eigenvalue weighted by Gasteiger charge is 2.24. The SMILES string of the molecule is Cc1cnc(CN2CCC(c3nc4c(F)cccc4[nH]3)CC2)o1. The predicted molar refractivity (Wildman–Crippen MR) is 84.5 cm³/mol. The average Bonchev–Trinajstić information content (AvgIpc) is 3.15. The van der Waals surface area contributed by atoms with Crippen molar-refractivity contribution in [2.24, 2.45) is 0 Å². The number of piperidine rings is 1. The molecule has 0 spiro atoms. The molecule has 120 valence electrons. The summed E-state index contributed by atoms with van der Waals surface area (Å²) in [6.07, 6.45) is 3.76. The van der Waals surface area contributed by atoms with Gasteiger partial charge in [-0.25, -0.2) is 14.4 Å².